The van der Waals surface area contributed by atoms with Crippen LogP contribution in [0.25, 0.3) is 0 Å². The predicted molar refractivity (Wildman–Crippen MR) is 76.8 cm³/mol. The molecule has 0 radical (unpaired) electrons. The van der Waals surface area contributed by atoms with Gasteiger partial charge in [0.1, 0.15) is 0 Å². The third kappa shape index (κ3) is 3.91. The van der Waals surface area contributed by atoms with E-state index in [1.165, 1.54) is 12.6 Å². The smallest absolute Gasteiger partial charge is 0.382 e. The lowest BCUT2D eigenvalue weighted by atomic mass is 9.90. The van der Waals surface area contributed by atoms with E-state index in [0.29, 0.717) is 5.69 Å². The number of amides is 2. The fraction of sp³-hybridized carbons (Fsp3) is 0.533. The number of aryl methyl sites for hydroxylation is 1. The van der Waals surface area contributed by atoms with Gasteiger partial charge in [-0.3, -0.25) is 0 Å². The Morgan fingerprint density at radius 3 is 2.73 bits per heavy atom. The number of alkyl halides is 3. The Bertz CT molecular complexity index is 546. The van der Waals surface area contributed by atoms with Crippen molar-refractivity contribution in [2.45, 2.75) is 38.0 Å². The minimum Gasteiger partial charge on any atom is -0.382 e. The maximum atomic E-state index is 12.3. The van der Waals surface area contributed by atoms with E-state index in [1.54, 1.807) is 6.07 Å². The molecule has 0 aliphatic heterocycles. The molecule has 0 heterocycles. The number of likely N-dealkylation sites (N-methyl/N-ethyl adjacent to an activating group) is 1. The summed E-state index contributed by atoms with van der Waals surface area (Å²) in [4.78, 5) is 12.8. The molecular weight excluding hydrogens is 297 g/mol. The zero-order valence-electron chi connectivity index (χ0n) is 12.3. The summed E-state index contributed by atoms with van der Waals surface area (Å²) in [5.41, 5.74) is 2.85. The Morgan fingerprint density at radius 1 is 1.36 bits per heavy atom. The first kappa shape index (κ1) is 16.6. The van der Waals surface area contributed by atoms with Crippen molar-refractivity contribution in [2.24, 2.45) is 0 Å². The number of aliphatic hydroxyl groups excluding tert-OH is 1. The van der Waals surface area contributed by atoms with E-state index in [2.05, 4.69) is 5.32 Å². The summed E-state index contributed by atoms with van der Waals surface area (Å²) < 4.78 is 36.9. The van der Waals surface area contributed by atoms with Crippen molar-refractivity contribution in [3.8, 4) is 0 Å². The number of rotatable bonds is 3. The summed E-state index contributed by atoms with van der Waals surface area (Å²) in [6.45, 7) is -0.801. The van der Waals surface area contributed by atoms with E-state index >= 15 is 0 Å². The first-order valence-electron chi connectivity index (χ1n) is 7.16. The van der Waals surface area contributed by atoms with Crippen LogP contribution in [0, 0.1) is 0 Å². The van der Waals surface area contributed by atoms with Crippen molar-refractivity contribution in [1.82, 2.24) is 4.90 Å². The Morgan fingerprint density at radius 2 is 2.05 bits per heavy atom. The van der Waals surface area contributed by atoms with Gasteiger partial charge in [-0.2, -0.15) is 13.2 Å². The molecule has 122 valence electrons. The summed E-state index contributed by atoms with van der Waals surface area (Å²) in [7, 11) is 1.22. The van der Waals surface area contributed by atoms with Crippen molar-refractivity contribution in [1.29, 1.82) is 0 Å². The van der Waals surface area contributed by atoms with Gasteiger partial charge in [0.15, 0.2) is 6.10 Å². The van der Waals surface area contributed by atoms with E-state index in [-0.39, 0.29) is 0 Å². The van der Waals surface area contributed by atoms with Crippen molar-refractivity contribution >= 4 is 11.7 Å². The number of hydrogen-bond acceptors (Lipinski definition) is 2. The van der Waals surface area contributed by atoms with E-state index in [1.807, 2.05) is 12.1 Å². The second-order valence-electron chi connectivity index (χ2n) is 5.52. The zero-order chi connectivity index (χ0) is 16.3. The number of halogens is 3. The molecule has 0 saturated heterocycles. The Kier molecular flexibility index (Phi) is 4.95. The van der Waals surface area contributed by atoms with Crippen LogP contribution in [0.4, 0.5) is 23.7 Å². The summed E-state index contributed by atoms with van der Waals surface area (Å²) in [5.74, 6) is 0. The average molecular weight is 316 g/mol. The lowest BCUT2D eigenvalue weighted by Gasteiger charge is -2.24. The first-order chi connectivity index (χ1) is 10.3. The van der Waals surface area contributed by atoms with Crippen LogP contribution < -0.4 is 5.32 Å². The monoisotopic (exact) mass is 316 g/mol. The molecular formula is C15H19F3N2O2. The maximum absolute atomic E-state index is 12.3. The second kappa shape index (κ2) is 6.56. The molecule has 1 atom stereocenters. The zero-order valence-corrected chi connectivity index (χ0v) is 12.3. The lowest BCUT2D eigenvalue weighted by Crippen LogP contribution is -2.43. The minimum atomic E-state index is -4.74. The van der Waals surface area contributed by atoms with Crippen LogP contribution in [-0.2, 0) is 12.8 Å². The maximum Gasteiger partial charge on any atom is 0.416 e. The Balaban J connectivity index is 2.03. The lowest BCUT2D eigenvalue weighted by molar-refractivity contribution is -0.205. The second-order valence-corrected chi connectivity index (χ2v) is 5.52. The predicted octanol–water partition coefficient (Wildman–Crippen LogP) is 2.95. The molecule has 0 fully saturated rings. The quantitative estimate of drug-likeness (QED) is 0.901. The molecule has 2 amide bonds. The molecule has 4 nitrogen and oxygen atoms in total. The number of fused-ring (bicyclic) bond motifs is 1. The molecule has 0 saturated carbocycles. The number of carbonyl (C=O) groups excluding carboxylic acids is 1. The number of carbonyl (C=O) groups is 1. The number of urea groups is 1. The molecule has 0 bridgehead atoms. The minimum absolute atomic E-state index is 0.635. The third-order valence-electron chi connectivity index (χ3n) is 3.81. The Labute approximate surface area is 126 Å². The van der Waals surface area contributed by atoms with Crippen LogP contribution in [0.2, 0.25) is 0 Å². The number of anilines is 1. The molecule has 1 unspecified atom stereocenters. The standard InChI is InChI=1S/C15H19F3N2O2/c1-20(9-13(21)15(16,17)18)14(22)19-12-8-4-6-10-5-2-3-7-11(10)12/h4,6,8,13,21H,2-3,5,7,9H2,1H3,(H,19,22). The van der Waals surface area contributed by atoms with Gasteiger partial charge in [-0.25, -0.2) is 4.79 Å². The van der Waals surface area contributed by atoms with Crippen LogP contribution in [0.1, 0.15) is 24.0 Å². The SMILES string of the molecule is CN(CC(O)C(F)(F)F)C(=O)Nc1cccc2c1CCCC2. The molecule has 1 aromatic rings. The van der Waals surface area contributed by atoms with Crippen molar-refractivity contribution in [3.63, 3.8) is 0 Å². The van der Waals surface area contributed by atoms with Gasteiger partial charge in [-0.05, 0) is 42.9 Å². The summed E-state index contributed by atoms with van der Waals surface area (Å²) in [6, 6.07) is 4.91. The van der Waals surface area contributed by atoms with Gasteiger partial charge in [0.2, 0.25) is 0 Å². The number of nitrogens with one attached hydrogen (secondary N) is 1. The van der Waals surface area contributed by atoms with E-state index in [0.717, 1.165) is 36.1 Å². The highest BCUT2D eigenvalue weighted by molar-refractivity contribution is 5.90. The highest BCUT2D eigenvalue weighted by atomic mass is 19.4. The van der Waals surface area contributed by atoms with E-state index in [9.17, 15) is 18.0 Å². The van der Waals surface area contributed by atoms with E-state index in [4.69, 9.17) is 5.11 Å². The topological polar surface area (TPSA) is 52.6 Å². The molecule has 0 spiro atoms. The average Bonchev–Trinajstić information content (AvgIpc) is 2.46. The van der Waals surface area contributed by atoms with Crippen LogP contribution >= 0.6 is 0 Å². The molecule has 2 N–H and O–H groups in total. The van der Waals surface area contributed by atoms with Crippen LogP contribution in [0.5, 0.6) is 0 Å². The summed E-state index contributed by atoms with van der Waals surface area (Å²) in [6.07, 6.45) is -3.36. The third-order valence-corrected chi connectivity index (χ3v) is 3.81. The van der Waals surface area contributed by atoms with Gasteiger partial charge >= 0.3 is 12.2 Å². The van der Waals surface area contributed by atoms with Crippen LogP contribution in [-0.4, -0.2) is 41.9 Å². The van der Waals surface area contributed by atoms with Crippen LogP contribution in [0.15, 0.2) is 18.2 Å². The highest BCUT2D eigenvalue weighted by Gasteiger charge is 2.39. The summed E-state index contributed by atoms with van der Waals surface area (Å²) in [5, 5.41) is 11.7. The number of aliphatic hydroxyl groups is 1. The van der Waals surface area contributed by atoms with Gasteiger partial charge < -0.3 is 15.3 Å². The fourth-order valence-corrected chi connectivity index (χ4v) is 2.55. The van der Waals surface area contributed by atoms with Crippen molar-refractivity contribution in [2.75, 3.05) is 18.9 Å². The first-order valence-corrected chi connectivity index (χ1v) is 7.16. The molecule has 2 rings (SSSR count). The molecule has 1 aliphatic rings. The molecule has 1 aliphatic carbocycles. The molecule has 1 aromatic carbocycles. The van der Waals surface area contributed by atoms with Gasteiger partial charge in [0, 0.05) is 12.7 Å². The largest absolute Gasteiger partial charge is 0.416 e. The molecule has 22 heavy (non-hydrogen) atoms. The number of hydrogen-bond donors (Lipinski definition) is 2. The van der Waals surface area contributed by atoms with Gasteiger partial charge in [-0.15, -0.1) is 0 Å². The molecule has 7 heteroatoms. The Hall–Kier alpha value is -1.76. The number of benzene rings is 1. The number of nitrogens with zero attached hydrogens (tertiary/aromatic N) is 1. The van der Waals surface area contributed by atoms with Crippen molar-refractivity contribution in [3.05, 3.63) is 29.3 Å². The summed E-state index contributed by atoms with van der Waals surface area (Å²) >= 11 is 0. The highest BCUT2D eigenvalue weighted by Crippen LogP contribution is 2.28. The van der Waals surface area contributed by atoms with Crippen LogP contribution in [0.3, 0.4) is 0 Å². The van der Waals surface area contributed by atoms with Gasteiger partial charge in [0.05, 0.1) is 6.54 Å². The molecule has 0 aromatic heterocycles. The van der Waals surface area contributed by atoms with Gasteiger partial charge in [0.25, 0.3) is 0 Å². The van der Waals surface area contributed by atoms with E-state index < -0.39 is 24.9 Å². The fourth-order valence-electron chi connectivity index (χ4n) is 2.55. The van der Waals surface area contributed by atoms with Gasteiger partial charge in [-0.1, -0.05) is 12.1 Å². The van der Waals surface area contributed by atoms with Crippen molar-refractivity contribution < 1.29 is 23.1 Å². The normalized spacial score (nSPS) is 15.9.